The van der Waals surface area contributed by atoms with Gasteiger partial charge in [0.2, 0.25) is 0 Å². The van der Waals surface area contributed by atoms with Crippen LogP contribution >= 0.6 is 0 Å². The van der Waals surface area contributed by atoms with Gasteiger partial charge in [-0.05, 0) is 32.2 Å². The highest BCUT2D eigenvalue weighted by atomic mass is 16.3. The van der Waals surface area contributed by atoms with Crippen molar-refractivity contribution in [2.24, 2.45) is 5.92 Å². The first-order valence-electron chi connectivity index (χ1n) is 6.19. The van der Waals surface area contributed by atoms with E-state index in [-0.39, 0.29) is 12.5 Å². The van der Waals surface area contributed by atoms with Gasteiger partial charge in [-0.25, -0.2) is 0 Å². The minimum atomic E-state index is 0.251. The van der Waals surface area contributed by atoms with Crippen molar-refractivity contribution in [3.05, 3.63) is 0 Å². The van der Waals surface area contributed by atoms with Crippen LogP contribution in [0.3, 0.4) is 0 Å². The molecule has 0 aromatic carbocycles. The molecule has 2 fully saturated rings. The van der Waals surface area contributed by atoms with Crippen LogP contribution in [0.25, 0.3) is 0 Å². The summed E-state index contributed by atoms with van der Waals surface area (Å²) in [6, 6.07) is 0.312. The highest BCUT2D eigenvalue weighted by Gasteiger charge is 2.30. The Hall–Kier alpha value is -0.410. The molecular weight excluding hydrogens is 190 g/mol. The molecule has 15 heavy (non-hydrogen) atoms. The Morgan fingerprint density at radius 3 is 2.80 bits per heavy atom. The van der Waals surface area contributed by atoms with Crippen LogP contribution in [-0.2, 0) is 4.79 Å². The number of nitrogens with zero attached hydrogens (tertiary/aromatic N) is 1. The molecule has 1 aliphatic heterocycles. The molecule has 3 nitrogen and oxygen atoms in total. The van der Waals surface area contributed by atoms with Crippen molar-refractivity contribution in [3.63, 3.8) is 0 Å². The third kappa shape index (κ3) is 2.58. The summed E-state index contributed by atoms with van der Waals surface area (Å²) >= 11 is 0. The second-order valence-corrected chi connectivity index (χ2v) is 4.88. The fourth-order valence-corrected chi connectivity index (χ4v) is 2.87. The normalized spacial score (nSPS) is 33.5. The number of rotatable bonds is 3. The Kier molecular flexibility index (Phi) is 3.76. The molecule has 1 aliphatic carbocycles. The van der Waals surface area contributed by atoms with E-state index < -0.39 is 0 Å². The van der Waals surface area contributed by atoms with Gasteiger partial charge in [0.25, 0.3) is 0 Å². The molecule has 0 aromatic rings. The molecule has 2 unspecified atom stereocenters. The Morgan fingerprint density at radius 2 is 2.13 bits per heavy atom. The molecule has 0 amide bonds. The van der Waals surface area contributed by atoms with E-state index in [1.165, 1.54) is 12.8 Å². The van der Waals surface area contributed by atoms with E-state index in [1.54, 1.807) is 0 Å². The predicted octanol–water partition coefficient (Wildman–Crippen LogP) is 1.20. The molecule has 2 aliphatic rings. The molecule has 1 heterocycles. The van der Waals surface area contributed by atoms with E-state index in [4.69, 9.17) is 0 Å². The van der Waals surface area contributed by atoms with Gasteiger partial charge in [0.15, 0.2) is 0 Å². The molecule has 0 radical (unpaired) electrons. The van der Waals surface area contributed by atoms with Crippen LogP contribution < -0.4 is 0 Å². The van der Waals surface area contributed by atoms with E-state index in [2.05, 4.69) is 4.90 Å². The second-order valence-electron chi connectivity index (χ2n) is 4.88. The van der Waals surface area contributed by atoms with Crippen molar-refractivity contribution in [1.29, 1.82) is 0 Å². The van der Waals surface area contributed by atoms with Crippen LogP contribution in [0.5, 0.6) is 0 Å². The first-order valence-corrected chi connectivity index (χ1v) is 6.19. The zero-order valence-corrected chi connectivity index (χ0v) is 9.32. The van der Waals surface area contributed by atoms with Gasteiger partial charge in [-0.15, -0.1) is 0 Å². The molecule has 0 spiro atoms. The molecule has 86 valence electrons. The molecule has 1 saturated carbocycles. The first kappa shape index (κ1) is 11.1. The standard InChI is InChI=1S/C12H21NO2/c14-9-11-5-1-2-7-13(11)8-10-4-3-6-12(10)15/h10-11,14H,1-9H2. The summed E-state index contributed by atoms with van der Waals surface area (Å²) in [4.78, 5) is 13.9. The fraction of sp³-hybridized carbons (Fsp3) is 0.917. The second kappa shape index (κ2) is 5.08. The highest BCUT2D eigenvalue weighted by molar-refractivity contribution is 5.83. The number of carbonyl (C=O) groups is 1. The third-order valence-corrected chi connectivity index (χ3v) is 3.85. The average molecular weight is 211 g/mol. The quantitative estimate of drug-likeness (QED) is 0.762. The number of aliphatic hydroxyl groups is 1. The van der Waals surface area contributed by atoms with Gasteiger partial charge >= 0.3 is 0 Å². The van der Waals surface area contributed by atoms with Gasteiger partial charge in [-0.3, -0.25) is 9.69 Å². The van der Waals surface area contributed by atoms with Crippen molar-refractivity contribution in [3.8, 4) is 0 Å². The lowest BCUT2D eigenvalue weighted by atomic mass is 9.99. The smallest absolute Gasteiger partial charge is 0.137 e. The van der Waals surface area contributed by atoms with Crippen LogP contribution in [0.15, 0.2) is 0 Å². The summed E-state index contributed by atoms with van der Waals surface area (Å²) in [6.45, 7) is 2.21. The van der Waals surface area contributed by atoms with Crippen LogP contribution in [0.4, 0.5) is 0 Å². The van der Waals surface area contributed by atoms with E-state index in [9.17, 15) is 9.90 Å². The van der Waals surface area contributed by atoms with Gasteiger partial charge in [0.1, 0.15) is 5.78 Å². The lowest BCUT2D eigenvalue weighted by Gasteiger charge is -2.35. The topological polar surface area (TPSA) is 40.5 Å². The van der Waals surface area contributed by atoms with E-state index >= 15 is 0 Å². The highest BCUT2D eigenvalue weighted by Crippen LogP contribution is 2.25. The number of piperidine rings is 1. The molecule has 0 bridgehead atoms. The van der Waals surface area contributed by atoms with Gasteiger partial charge in [-0.2, -0.15) is 0 Å². The van der Waals surface area contributed by atoms with Gasteiger partial charge in [0.05, 0.1) is 6.61 Å². The molecule has 3 heteroatoms. The monoisotopic (exact) mass is 211 g/mol. The largest absolute Gasteiger partial charge is 0.395 e. The number of likely N-dealkylation sites (tertiary alicyclic amines) is 1. The summed E-state index contributed by atoms with van der Waals surface area (Å²) in [6.07, 6.45) is 6.45. The van der Waals surface area contributed by atoms with Crippen LogP contribution in [-0.4, -0.2) is 41.5 Å². The summed E-state index contributed by atoms with van der Waals surface area (Å²) in [7, 11) is 0. The number of hydrogen-bond donors (Lipinski definition) is 1. The van der Waals surface area contributed by atoms with Crippen molar-refractivity contribution < 1.29 is 9.90 Å². The Bertz CT molecular complexity index is 230. The number of ketones is 1. The molecule has 2 rings (SSSR count). The van der Waals surface area contributed by atoms with Crippen molar-refractivity contribution in [2.45, 2.75) is 44.6 Å². The van der Waals surface area contributed by atoms with E-state index in [0.29, 0.717) is 11.8 Å². The van der Waals surface area contributed by atoms with Crippen molar-refractivity contribution in [2.75, 3.05) is 19.7 Å². The Balaban J connectivity index is 1.88. The van der Waals surface area contributed by atoms with Crippen molar-refractivity contribution >= 4 is 5.78 Å². The lowest BCUT2D eigenvalue weighted by molar-refractivity contribution is -0.121. The number of Topliss-reactive ketones (excluding diaryl/α,β-unsaturated/α-hetero) is 1. The third-order valence-electron chi connectivity index (χ3n) is 3.85. The maximum Gasteiger partial charge on any atom is 0.137 e. The number of carbonyl (C=O) groups excluding carboxylic acids is 1. The Morgan fingerprint density at radius 1 is 1.27 bits per heavy atom. The Labute approximate surface area is 91.5 Å². The van der Waals surface area contributed by atoms with Gasteiger partial charge < -0.3 is 5.11 Å². The predicted molar refractivity (Wildman–Crippen MR) is 58.6 cm³/mol. The SMILES string of the molecule is O=C1CCCC1CN1CCCCC1CO. The summed E-state index contributed by atoms with van der Waals surface area (Å²) in [5, 5.41) is 9.27. The van der Waals surface area contributed by atoms with Crippen LogP contribution in [0.1, 0.15) is 38.5 Å². The number of hydrogen-bond acceptors (Lipinski definition) is 3. The summed E-state index contributed by atoms with van der Waals surface area (Å²) in [5.41, 5.74) is 0. The minimum Gasteiger partial charge on any atom is -0.395 e. The van der Waals surface area contributed by atoms with Gasteiger partial charge in [-0.1, -0.05) is 6.42 Å². The van der Waals surface area contributed by atoms with Crippen LogP contribution in [0, 0.1) is 5.92 Å². The molecule has 0 aromatic heterocycles. The molecule has 1 N–H and O–H groups in total. The van der Waals surface area contributed by atoms with Gasteiger partial charge in [0, 0.05) is 24.9 Å². The lowest BCUT2D eigenvalue weighted by Crippen LogP contribution is -2.44. The fourth-order valence-electron chi connectivity index (χ4n) is 2.87. The zero-order valence-electron chi connectivity index (χ0n) is 9.32. The zero-order chi connectivity index (χ0) is 10.7. The summed E-state index contributed by atoms with van der Waals surface area (Å²) < 4.78 is 0. The maximum absolute atomic E-state index is 11.6. The first-order chi connectivity index (χ1) is 7.31. The molecular formula is C12H21NO2. The minimum absolute atomic E-state index is 0.251. The van der Waals surface area contributed by atoms with E-state index in [1.807, 2.05) is 0 Å². The van der Waals surface area contributed by atoms with Crippen LogP contribution in [0.2, 0.25) is 0 Å². The maximum atomic E-state index is 11.6. The molecule has 1 saturated heterocycles. The van der Waals surface area contributed by atoms with Crippen molar-refractivity contribution in [1.82, 2.24) is 4.90 Å². The molecule has 2 atom stereocenters. The average Bonchev–Trinajstić information content (AvgIpc) is 2.65. The van der Waals surface area contributed by atoms with E-state index in [0.717, 1.165) is 38.8 Å². The summed E-state index contributed by atoms with van der Waals surface area (Å²) in [5.74, 6) is 0.703. The number of aliphatic hydroxyl groups excluding tert-OH is 1.